The van der Waals surface area contributed by atoms with Crippen LogP contribution >= 0.6 is 0 Å². The predicted octanol–water partition coefficient (Wildman–Crippen LogP) is 0.523. The van der Waals surface area contributed by atoms with Crippen LogP contribution in [0.4, 0.5) is 11.4 Å². The molecule has 1 aromatic carbocycles. The summed E-state index contributed by atoms with van der Waals surface area (Å²) >= 11 is 0. The predicted molar refractivity (Wildman–Crippen MR) is 68.7 cm³/mol. The summed E-state index contributed by atoms with van der Waals surface area (Å²) in [6.07, 6.45) is 1.19. The van der Waals surface area contributed by atoms with Gasteiger partial charge < -0.3 is 10.4 Å². The Morgan fingerprint density at radius 3 is 2.57 bits per heavy atom. The van der Waals surface area contributed by atoms with Gasteiger partial charge in [0.2, 0.25) is 0 Å². The second kappa shape index (κ2) is 5.77. The number of nitrogens with one attached hydrogen (secondary N) is 1. The van der Waals surface area contributed by atoms with Gasteiger partial charge in [-0.3, -0.25) is 19.7 Å². The number of hydrogen-bond donors (Lipinski definition) is 2. The van der Waals surface area contributed by atoms with Crippen molar-refractivity contribution in [3.8, 4) is 0 Å². The molecule has 2 aromatic rings. The SMILES string of the molecule is O=C(O)Cn1cc(C(=O)Nc2ccc([N+](=O)[O-])cc2)nn1. The first-order valence-electron chi connectivity index (χ1n) is 5.63. The van der Waals surface area contributed by atoms with Gasteiger partial charge >= 0.3 is 5.97 Å². The number of carbonyl (C=O) groups is 2. The molecule has 10 nitrogen and oxygen atoms in total. The molecule has 0 radical (unpaired) electrons. The van der Waals surface area contributed by atoms with Gasteiger partial charge in [0, 0.05) is 17.8 Å². The Labute approximate surface area is 117 Å². The van der Waals surface area contributed by atoms with Crippen LogP contribution in [0.1, 0.15) is 10.5 Å². The fourth-order valence-corrected chi connectivity index (χ4v) is 1.48. The minimum atomic E-state index is -1.11. The Hall–Kier alpha value is -3.30. The number of carbonyl (C=O) groups excluding carboxylic acids is 1. The summed E-state index contributed by atoms with van der Waals surface area (Å²) in [5, 5.41) is 28.6. The van der Waals surface area contributed by atoms with E-state index in [1.807, 2.05) is 0 Å². The van der Waals surface area contributed by atoms with Gasteiger partial charge in [-0.15, -0.1) is 5.10 Å². The second-order valence-electron chi connectivity index (χ2n) is 3.95. The molecule has 1 amide bonds. The van der Waals surface area contributed by atoms with Gasteiger partial charge in [0.05, 0.1) is 11.1 Å². The average molecular weight is 291 g/mol. The Morgan fingerprint density at radius 1 is 1.33 bits per heavy atom. The number of nitro groups is 1. The number of anilines is 1. The highest BCUT2D eigenvalue weighted by atomic mass is 16.6. The lowest BCUT2D eigenvalue weighted by atomic mass is 10.3. The number of benzene rings is 1. The Bertz CT molecular complexity index is 693. The number of amides is 1. The van der Waals surface area contributed by atoms with Gasteiger partial charge in [0.15, 0.2) is 5.69 Å². The minimum absolute atomic E-state index is 0.0606. The molecule has 0 saturated carbocycles. The summed E-state index contributed by atoms with van der Waals surface area (Å²) in [5.74, 6) is -1.71. The Morgan fingerprint density at radius 2 is 2.00 bits per heavy atom. The van der Waals surface area contributed by atoms with Crippen LogP contribution in [-0.2, 0) is 11.3 Å². The number of aliphatic carboxylic acids is 1. The maximum absolute atomic E-state index is 11.8. The zero-order valence-corrected chi connectivity index (χ0v) is 10.5. The lowest BCUT2D eigenvalue weighted by Gasteiger charge is -2.01. The van der Waals surface area contributed by atoms with E-state index < -0.39 is 23.3 Å². The first kappa shape index (κ1) is 14.1. The van der Waals surface area contributed by atoms with Crippen molar-refractivity contribution < 1.29 is 19.6 Å². The third kappa shape index (κ3) is 3.59. The number of rotatable bonds is 5. The smallest absolute Gasteiger partial charge is 0.325 e. The highest BCUT2D eigenvalue weighted by Gasteiger charge is 2.13. The molecule has 0 aliphatic heterocycles. The summed E-state index contributed by atoms with van der Waals surface area (Å²) in [6, 6.07) is 5.24. The highest BCUT2D eigenvalue weighted by molar-refractivity contribution is 6.02. The lowest BCUT2D eigenvalue weighted by molar-refractivity contribution is -0.384. The Kier molecular flexibility index (Phi) is 3.88. The molecule has 2 rings (SSSR count). The van der Waals surface area contributed by atoms with Gasteiger partial charge in [0.25, 0.3) is 11.6 Å². The molecule has 21 heavy (non-hydrogen) atoms. The molecule has 1 heterocycles. The summed E-state index contributed by atoms with van der Waals surface area (Å²) in [4.78, 5) is 32.2. The zero-order valence-electron chi connectivity index (χ0n) is 10.5. The first-order chi connectivity index (χ1) is 9.95. The molecule has 0 bridgehead atoms. The number of nitro benzene ring substituents is 1. The molecule has 0 spiro atoms. The number of nitrogens with zero attached hydrogens (tertiary/aromatic N) is 4. The van der Waals surface area contributed by atoms with E-state index in [9.17, 15) is 19.7 Å². The van der Waals surface area contributed by atoms with Crippen LogP contribution in [0.25, 0.3) is 0 Å². The van der Waals surface area contributed by atoms with Gasteiger partial charge in [0.1, 0.15) is 6.54 Å². The van der Waals surface area contributed by atoms with Gasteiger partial charge in [-0.05, 0) is 12.1 Å². The number of aromatic nitrogens is 3. The maximum Gasteiger partial charge on any atom is 0.325 e. The molecule has 0 aliphatic rings. The van der Waals surface area contributed by atoms with Gasteiger partial charge in [-0.2, -0.15) is 0 Å². The second-order valence-corrected chi connectivity index (χ2v) is 3.95. The molecule has 0 fully saturated rings. The van der Waals surface area contributed by atoms with E-state index in [0.29, 0.717) is 5.69 Å². The number of carboxylic acid groups (broad SMARTS) is 1. The summed E-state index contributed by atoms with van der Waals surface area (Å²) in [5.41, 5.74) is 0.188. The number of non-ortho nitro benzene ring substituents is 1. The molecule has 0 aliphatic carbocycles. The van der Waals surface area contributed by atoms with E-state index in [0.717, 1.165) is 4.68 Å². The maximum atomic E-state index is 11.8. The average Bonchev–Trinajstić information content (AvgIpc) is 2.87. The number of carboxylic acids is 1. The first-order valence-corrected chi connectivity index (χ1v) is 5.63. The van der Waals surface area contributed by atoms with E-state index in [2.05, 4.69) is 15.6 Å². The molecule has 0 saturated heterocycles. The van der Waals surface area contributed by atoms with Crippen LogP contribution in [0, 0.1) is 10.1 Å². The van der Waals surface area contributed by atoms with Crippen LogP contribution in [-0.4, -0.2) is 36.9 Å². The van der Waals surface area contributed by atoms with E-state index in [4.69, 9.17) is 5.11 Å². The van der Waals surface area contributed by atoms with Crippen molar-refractivity contribution in [1.29, 1.82) is 0 Å². The zero-order chi connectivity index (χ0) is 15.4. The molecule has 1 aromatic heterocycles. The lowest BCUT2D eigenvalue weighted by Crippen LogP contribution is -2.12. The quantitative estimate of drug-likeness (QED) is 0.604. The monoisotopic (exact) mass is 291 g/mol. The van der Waals surface area contributed by atoms with Gasteiger partial charge in [-0.1, -0.05) is 5.21 Å². The summed E-state index contributed by atoms with van der Waals surface area (Å²) in [7, 11) is 0. The van der Waals surface area contributed by atoms with Gasteiger partial charge in [-0.25, -0.2) is 4.68 Å². The van der Waals surface area contributed by atoms with E-state index in [1.54, 1.807) is 0 Å². The van der Waals surface area contributed by atoms with Crippen molar-refractivity contribution in [1.82, 2.24) is 15.0 Å². The van der Waals surface area contributed by atoms with Crippen molar-refractivity contribution in [2.24, 2.45) is 0 Å². The third-order valence-corrected chi connectivity index (χ3v) is 2.40. The molecule has 0 unspecified atom stereocenters. The van der Waals surface area contributed by atoms with Crippen LogP contribution in [0.3, 0.4) is 0 Å². The molecule has 10 heteroatoms. The normalized spacial score (nSPS) is 10.1. The van der Waals surface area contributed by atoms with Crippen LogP contribution < -0.4 is 5.32 Å². The van der Waals surface area contributed by atoms with Crippen molar-refractivity contribution in [2.75, 3.05) is 5.32 Å². The van der Waals surface area contributed by atoms with Crippen molar-refractivity contribution in [2.45, 2.75) is 6.54 Å². The molecule has 0 atom stereocenters. The summed E-state index contributed by atoms with van der Waals surface area (Å²) < 4.78 is 1.01. The topological polar surface area (TPSA) is 140 Å². The van der Waals surface area contributed by atoms with Crippen LogP contribution in [0.15, 0.2) is 30.5 Å². The van der Waals surface area contributed by atoms with E-state index in [1.165, 1.54) is 30.5 Å². The molecule has 108 valence electrons. The van der Waals surface area contributed by atoms with Crippen molar-refractivity contribution in [3.05, 3.63) is 46.3 Å². The molecular formula is C11H9N5O5. The van der Waals surface area contributed by atoms with Crippen molar-refractivity contribution in [3.63, 3.8) is 0 Å². The third-order valence-electron chi connectivity index (χ3n) is 2.40. The molecule has 2 N–H and O–H groups in total. The summed E-state index contributed by atoms with van der Waals surface area (Å²) in [6.45, 7) is -0.405. The van der Waals surface area contributed by atoms with Crippen molar-refractivity contribution >= 4 is 23.3 Å². The van der Waals surface area contributed by atoms with E-state index >= 15 is 0 Å². The largest absolute Gasteiger partial charge is 0.480 e. The van der Waals surface area contributed by atoms with Crippen LogP contribution in [0.2, 0.25) is 0 Å². The fourth-order valence-electron chi connectivity index (χ4n) is 1.48. The minimum Gasteiger partial charge on any atom is -0.480 e. The number of hydrogen-bond acceptors (Lipinski definition) is 6. The highest BCUT2D eigenvalue weighted by Crippen LogP contribution is 2.15. The fraction of sp³-hybridized carbons (Fsp3) is 0.0909. The van der Waals surface area contributed by atoms with Crippen LogP contribution in [0.5, 0.6) is 0 Å². The Balaban J connectivity index is 2.05. The standard InChI is InChI=1S/C11H9N5O5/c17-10(18)6-15-5-9(13-14-15)11(19)12-7-1-3-8(4-2-7)16(20)21/h1-5H,6H2,(H,12,19)(H,17,18). The molecular weight excluding hydrogens is 282 g/mol. The van der Waals surface area contributed by atoms with E-state index in [-0.39, 0.29) is 11.4 Å².